The molecule has 1 aliphatic heterocycles. The van der Waals surface area contributed by atoms with Crippen molar-refractivity contribution in [1.29, 1.82) is 0 Å². The van der Waals surface area contributed by atoms with Crippen LogP contribution >= 0.6 is 0 Å². The van der Waals surface area contributed by atoms with E-state index in [1.165, 1.54) is 66.0 Å². The number of aromatic nitrogens is 1. The lowest BCUT2D eigenvalue weighted by Crippen LogP contribution is -2.62. The average molecular weight is 705 g/mol. The van der Waals surface area contributed by atoms with Crippen LogP contribution in [0.25, 0.3) is 43.8 Å². The molecule has 2 heterocycles. The van der Waals surface area contributed by atoms with E-state index < -0.39 is 0 Å². The predicted octanol–water partition coefficient (Wildman–Crippen LogP) is 9.42. The smallest absolute Gasteiger partial charge is 0.101 e. The van der Waals surface area contributed by atoms with Gasteiger partial charge in [0.1, 0.15) is 6.17 Å². The maximum absolute atomic E-state index is 7.42. The van der Waals surface area contributed by atoms with E-state index in [1.54, 1.807) is 0 Å². The fraction of sp³-hybridized carbons (Fsp3) is 0.167. The van der Waals surface area contributed by atoms with E-state index in [0.29, 0.717) is 0 Å². The van der Waals surface area contributed by atoms with Gasteiger partial charge >= 0.3 is 0 Å². The number of allylic oxidation sites excluding steroid dienone is 4. The SMILES string of the molecule is C/C=C(\NC(N)[C@@H]1C2=C(CCC=C2)c2cc3c4ccccc4n(-c4ccccc4)c3cc21)C1NC(c2ccccc2)NC(c2cccc3ccccc23)N1. The van der Waals surface area contributed by atoms with Crippen molar-refractivity contribution in [3.05, 3.63) is 191 Å². The number of nitrogens with two attached hydrogens (primary N) is 1. The number of benzene rings is 6. The van der Waals surface area contributed by atoms with Crippen molar-refractivity contribution in [2.45, 2.75) is 50.3 Å². The predicted molar refractivity (Wildman–Crippen MR) is 223 cm³/mol. The van der Waals surface area contributed by atoms with Crippen LogP contribution < -0.4 is 27.0 Å². The lowest BCUT2D eigenvalue weighted by molar-refractivity contribution is 0.215. The zero-order chi connectivity index (χ0) is 36.2. The molecule has 5 atom stereocenters. The van der Waals surface area contributed by atoms with Crippen LogP contribution in [0.1, 0.15) is 60.3 Å². The molecule has 266 valence electrons. The molecule has 1 saturated heterocycles. The Bertz CT molecular complexity index is 2610. The topological polar surface area (TPSA) is 79.1 Å². The molecule has 1 aromatic heterocycles. The van der Waals surface area contributed by atoms with Crippen LogP contribution in [0.3, 0.4) is 0 Å². The molecule has 0 saturated carbocycles. The molecule has 0 amide bonds. The van der Waals surface area contributed by atoms with Gasteiger partial charge < -0.3 is 15.6 Å². The van der Waals surface area contributed by atoms with Crippen LogP contribution in [-0.4, -0.2) is 16.9 Å². The molecule has 2 aliphatic carbocycles. The van der Waals surface area contributed by atoms with Crippen molar-refractivity contribution in [3.63, 3.8) is 0 Å². The lowest BCUT2D eigenvalue weighted by atomic mass is 9.90. The summed E-state index contributed by atoms with van der Waals surface area (Å²) in [5.41, 5.74) is 19.8. The van der Waals surface area contributed by atoms with Crippen LogP contribution in [0, 0.1) is 0 Å². The van der Waals surface area contributed by atoms with Crippen molar-refractivity contribution < 1.29 is 0 Å². The molecule has 6 heteroatoms. The minimum atomic E-state index is -0.373. The fourth-order valence-corrected chi connectivity index (χ4v) is 9.18. The van der Waals surface area contributed by atoms with E-state index in [2.05, 4.69) is 191 Å². The molecule has 1 fully saturated rings. The standard InChI is InChI=1S/C48H44N6/c1-2-41(48-52-46(31-17-5-3-6-18-31)51-47(53-48)37-26-15-19-30-16-9-10-22-33(30)37)50-45(49)44-36-25-12-11-23-34(36)38-28-39-35-24-13-14-27-42(35)54(43(39)29-40(38)44)32-20-7-4-8-21-32/h2-10,12-22,24-29,44-48,50-53H,11,23,49H2,1H3/b41-2-/t44-,45?,46?,47?,48?/m1/s1. The Kier molecular flexibility index (Phi) is 8.26. The van der Waals surface area contributed by atoms with Gasteiger partial charge in [0.25, 0.3) is 0 Å². The molecular weight excluding hydrogens is 661 g/mol. The number of para-hydroxylation sites is 2. The van der Waals surface area contributed by atoms with Gasteiger partial charge in [-0.05, 0) is 94.3 Å². The Labute approximate surface area is 316 Å². The zero-order valence-corrected chi connectivity index (χ0v) is 30.3. The Morgan fingerprint density at radius 2 is 1.44 bits per heavy atom. The van der Waals surface area contributed by atoms with Crippen molar-refractivity contribution >= 4 is 38.2 Å². The van der Waals surface area contributed by atoms with Gasteiger partial charge in [0, 0.05) is 28.1 Å². The first-order valence-electron chi connectivity index (χ1n) is 19.2. The van der Waals surface area contributed by atoms with Crippen LogP contribution in [0.4, 0.5) is 0 Å². The number of nitrogens with zero attached hydrogens (tertiary/aromatic N) is 1. The summed E-state index contributed by atoms with van der Waals surface area (Å²) >= 11 is 0. The summed E-state index contributed by atoms with van der Waals surface area (Å²) < 4.78 is 2.41. The van der Waals surface area contributed by atoms with Gasteiger partial charge in [-0.1, -0.05) is 127 Å². The van der Waals surface area contributed by atoms with Crippen LogP contribution in [-0.2, 0) is 0 Å². The summed E-state index contributed by atoms with van der Waals surface area (Å²) in [7, 11) is 0. The quantitative estimate of drug-likeness (QED) is 0.107. The summed E-state index contributed by atoms with van der Waals surface area (Å²) in [6.45, 7) is 2.10. The average Bonchev–Trinajstić information content (AvgIpc) is 3.74. The van der Waals surface area contributed by atoms with Crippen LogP contribution in [0.15, 0.2) is 169 Å². The first kappa shape index (κ1) is 32.9. The summed E-state index contributed by atoms with van der Waals surface area (Å²) in [4.78, 5) is 0. The number of hydrogen-bond donors (Lipinski definition) is 5. The Morgan fingerprint density at radius 3 is 2.28 bits per heavy atom. The molecule has 4 unspecified atom stereocenters. The molecule has 10 rings (SSSR count). The lowest BCUT2D eigenvalue weighted by Gasteiger charge is -2.41. The number of rotatable bonds is 7. The van der Waals surface area contributed by atoms with Gasteiger partial charge in [-0.2, -0.15) is 0 Å². The highest BCUT2D eigenvalue weighted by atomic mass is 15.4. The summed E-state index contributed by atoms with van der Waals surface area (Å²) in [6.07, 6.45) is 8.09. The summed E-state index contributed by atoms with van der Waals surface area (Å²) in [5.74, 6) is -0.0198. The van der Waals surface area contributed by atoms with Crippen molar-refractivity contribution in [1.82, 2.24) is 25.8 Å². The largest absolute Gasteiger partial charge is 0.370 e. The molecule has 6 nitrogen and oxygen atoms in total. The number of hydrogen-bond acceptors (Lipinski definition) is 5. The number of fused-ring (bicyclic) bond motifs is 6. The summed E-state index contributed by atoms with van der Waals surface area (Å²) in [6, 6.07) is 50.1. The van der Waals surface area contributed by atoms with E-state index in [9.17, 15) is 0 Å². The maximum atomic E-state index is 7.42. The first-order chi connectivity index (χ1) is 26.7. The molecule has 6 aromatic carbocycles. The van der Waals surface area contributed by atoms with Crippen LogP contribution in [0.5, 0.6) is 0 Å². The molecule has 0 radical (unpaired) electrons. The molecular formula is C48H44N6. The first-order valence-corrected chi connectivity index (χ1v) is 19.2. The van der Waals surface area contributed by atoms with Crippen LogP contribution in [0.2, 0.25) is 0 Å². The Morgan fingerprint density at radius 1 is 0.722 bits per heavy atom. The monoisotopic (exact) mass is 704 g/mol. The van der Waals surface area contributed by atoms with Gasteiger partial charge in [-0.15, -0.1) is 0 Å². The fourth-order valence-electron chi connectivity index (χ4n) is 9.18. The highest BCUT2D eigenvalue weighted by Gasteiger charge is 2.38. The second kappa shape index (κ2) is 13.6. The number of nitrogens with one attached hydrogen (secondary N) is 4. The van der Waals surface area contributed by atoms with Gasteiger partial charge in [-0.3, -0.25) is 16.0 Å². The third-order valence-electron chi connectivity index (χ3n) is 11.6. The van der Waals surface area contributed by atoms with Crippen molar-refractivity contribution in [2.24, 2.45) is 5.73 Å². The Balaban J connectivity index is 1.03. The maximum Gasteiger partial charge on any atom is 0.101 e. The zero-order valence-electron chi connectivity index (χ0n) is 30.3. The normalized spacial score (nSPS) is 21.8. The highest BCUT2D eigenvalue weighted by Crippen LogP contribution is 2.50. The summed E-state index contributed by atoms with van der Waals surface area (Å²) in [5, 5.41) is 20.5. The van der Waals surface area contributed by atoms with E-state index >= 15 is 0 Å². The Hall–Kier alpha value is -5.76. The third kappa shape index (κ3) is 5.49. The second-order valence-corrected chi connectivity index (χ2v) is 14.7. The molecule has 3 aliphatic rings. The molecule has 7 aromatic rings. The highest BCUT2D eigenvalue weighted by molar-refractivity contribution is 6.11. The molecule has 0 bridgehead atoms. The minimum Gasteiger partial charge on any atom is -0.370 e. The second-order valence-electron chi connectivity index (χ2n) is 14.7. The van der Waals surface area contributed by atoms with Gasteiger partial charge in [0.05, 0.1) is 29.5 Å². The van der Waals surface area contributed by atoms with Crippen molar-refractivity contribution in [3.8, 4) is 5.69 Å². The minimum absolute atomic E-state index is 0.0198. The molecule has 0 spiro atoms. The van der Waals surface area contributed by atoms with E-state index in [4.69, 9.17) is 5.73 Å². The van der Waals surface area contributed by atoms with Crippen molar-refractivity contribution in [2.75, 3.05) is 0 Å². The van der Waals surface area contributed by atoms with Gasteiger partial charge in [0.2, 0.25) is 0 Å². The van der Waals surface area contributed by atoms with E-state index in [1.807, 2.05) is 0 Å². The van der Waals surface area contributed by atoms with Gasteiger partial charge in [0.15, 0.2) is 0 Å². The third-order valence-corrected chi connectivity index (χ3v) is 11.6. The van der Waals surface area contributed by atoms with E-state index in [-0.39, 0.29) is 30.6 Å². The molecule has 6 N–H and O–H groups in total. The molecule has 54 heavy (non-hydrogen) atoms. The van der Waals surface area contributed by atoms with E-state index in [0.717, 1.165) is 24.2 Å². The van der Waals surface area contributed by atoms with Gasteiger partial charge in [-0.25, -0.2) is 0 Å².